The molecule has 4 aliphatic rings. The lowest BCUT2D eigenvalue weighted by Crippen LogP contribution is -2.64. The number of ketones is 1. The van der Waals surface area contributed by atoms with Crippen LogP contribution in [-0.4, -0.2) is 63.9 Å². The standard InChI is InChI=1S/C41H60O9/c1-9-12-13-14-15-16-17-18-19-20-31(42)50-40-22-21-39-24-28(6)35(49-37(46)27(5)11-3)41(39,47)33(43)29(25-48-36(45)26(4)10-2)23-30(34(39)44)32(40)38(40,7)8/h10-11,23-24,30,32-33,35,43,47H,9,12-22,25H2,1-8H3/b26-10-,27-11-/t30-,32+,33+,35-,39+,40-,41-/m0/s1. The van der Waals surface area contributed by atoms with Gasteiger partial charge in [-0.05, 0) is 65.0 Å². The van der Waals surface area contributed by atoms with Crippen LogP contribution in [0.5, 0.6) is 0 Å². The monoisotopic (exact) mass is 696 g/mol. The van der Waals surface area contributed by atoms with Crippen molar-refractivity contribution >= 4 is 23.7 Å². The SMILES string of the molecule is C/C=C(/C)C(=O)OCC1=C[C@@H]2C(=O)[C@]3(C=C(C)[C@H](OC(=O)/C(C)=C\C)[C@@]3(O)[C@@H]1O)CC[C@]1(OC(=O)CCCCCCCCCCC)[C@H]2C1(C)C. The van der Waals surface area contributed by atoms with Crippen LogP contribution in [-0.2, 0) is 33.4 Å². The fourth-order valence-electron chi connectivity index (χ4n) is 8.98. The van der Waals surface area contributed by atoms with E-state index in [2.05, 4.69) is 6.92 Å². The lowest BCUT2D eigenvalue weighted by molar-refractivity contribution is -0.195. The first kappa shape index (κ1) is 39.7. The summed E-state index contributed by atoms with van der Waals surface area (Å²) in [5.41, 5.74) is -4.27. The maximum absolute atomic E-state index is 14.9. The molecule has 2 saturated carbocycles. The first-order valence-corrected chi connectivity index (χ1v) is 18.8. The molecule has 0 amide bonds. The van der Waals surface area contributed by atoms with E-state index in [1.807, 2.05) is 13.8 Å². The molecule has 9 nitrogen and oxygen atoms in total. The van der Waals surface area contributed by atoms with E-state index >= 15 is 0 Å². The summed E-state index contributed by atoms with van der Waals surface area (Å²) < 4.78 is 17.8. The van der Waals surface area contributed by atoms with Gasteiger partial charge in [0.15, 0.2) is 17.5 Å². The third-order valence-electron chi connectivity index (χ3n) is 12.3. The first-order chi connectivity index (χ1) is 23.6. The van der Waals surface area contributed by atoms with Crippen molar-refractivity contribution < 1.29 is 43.6 Å². The van der Waals surface area contributed by atoms with Crippen LogP contribution in [0.4, 0.5) is 0 Å². The Labute approximate surface area is 298 Å². The molecule has 0 heterocycles. The molecule has 4 aliphatic carbocycles. The minimum atomic E-state index is -2.30. The Kier molecular flexibility index (Phi) is 12.5. The Morgan fingerprint density at radius 3 is 2.10 bits per heavy atom. The van der Waals surface area contributed by atoms with Crippen molar-refractivity contribution in [1.82, 2.24) is 0 Å². The maximum Gasteiger partial charge on any atom is 0.334 e. The zero-order chi connectivity index (χ0) is 37.1. The van der Waals surface area contributed by atoms with Crippen LogP contribution < -0.4 is 0 Å². The molecule has 0 unspecified atom stereocenters. The van der Waals surface area contributed by atoms with Gasteiger partial charge >= 0.3 is 17.9 Å². The van der Waals surface area contributed by atoms with Crippen molar-refractivity contribution in [3.05, 3.63) is 46.6 Å². The van der Waals surface area contributed by atoms with Gasteiger partial charge < -0.3 is 24.4 Å². The van der Waals surface area contributed by atoms with E-state index in [-0.39, 0.29) is 43.2 Å². The molecule has 2 fully saturated rings. The lowest BCUT2D eigenvalue weighted by atomic mass is 9.63. The summed E-state index contributed by atoms with van der Waals surface area (Å²) in [6.07, 6.45) is 14.2. The number of ether oxygens (including phenoxy) is 3. The van der Waals surface area contributed by atoms with E-state index in [9.17, 15) is 29.4 Å². The highest BCUT2D eigenvalue weighted by Crippen LogP contribution is 2.74. The number of hydrogen-bond acceptors (Lipinski definition) is 9. The summed E-state index contributed by atoms with van der Waals surface area (Å²) in [5.74, 6) is -3.23. The number of aliphatic hydroxyl groups is 2. The number of fused-ring (bicyclic) bond motifs is 3. The fourth-order valence-corrected chi connectivity index (χ4v) is 8.98. The molecular formula is C41H60O9. The van der Waals surface area contributed by atoms with E-state index in [0.717, 1.165) is 25.7 Å². The number of Topliss-reactive ketones (excluding diaryl/α,β-unsaturated/α-hetero) is 1. The molecule has 1 spiro atoms. The van der Waals surface area contributed by atoms with E-state index in [4.69, 9.17) is 14.2 Å². The molecule has 0 aromatic rings. The predicted molar refractivity (Wildman–Crippen MR) is 191 cm³/mol. The molecule has 0 aromatic carbocycles. The molecule has 0 aromatic heterocycles. The Hall–Kier alpha value is -3.04. The Morgan fingerprint density at radius 1 is 0.920 bits per heavy atom. The van der Waals surface area contributed by atoms with Crippen molar-refractivity contribution in [2.75, 3.05) is 6.61 Å². The second-order valence-corrected chi connectivity index (χ2v) is 15.7. The van der Waals surface area contributed by atoms with E-state index in [1.165, 1.54) is 32.1 Å². The van der Waals surface area contributed by atoms with Gasteiger partial charge in [-0.3, -0.25) is 9.59 Å². The molecule has 278 valence electrons. The third-order valence-corrected chi connectivity index (χ3v) is 12.3. The number of aliphatic hydroxyl groups excluding tert-OH is 1. The Morgan fingerprint density at radius 2 is 1.50 bits per heavy atom. The molecular weight excluding hydrogens is 636 g/mol. The average Bonchev–Trinajstić information content (AvgIpc) is 3.52. The number of rotatable bonds is 16. The van der Waals surface area contributed by atoms with Crippen molar-refractivity contribution in [2.24, 2.45) is 22.7 Å². The molecule has 2 N–H and O–H groups in total. The van der Waals surface area contributed by atoms with E-state index in [0.29, 0.717) is 16.7 Å². The van der Waals surface area contributed by atoms with Crippen molar-refractivity contribution in [3.63, 3.8) is 0 Å². The molecule has 0 radical (unpaired) electrons. The quantitative estimate of drug-likeness (QED) is 0.0565. The van der Waals surface area contributed by atoms with Gasteiger partial charge in [0.05, 0.1) is 5.41 Å². The third kappa shape index (κ3) is 6.93. The van der Waals surface area contributed by atoms with Crippen molar-refractivity contribution in [3.8, 4) is 0 Å². The highest BCUT2D eigenvalue weighted by atomic mass is 16.6. The number of allylic oxidation sites excluding steroid dienone is 3. The summed E-state index contributed by atoms with van der Waals surface area (Å²) in [4.78, 5) is 54.2. The van der Waals surface area contributed by atoms with Gasteiger partial charge in [0.1, 0.15) is 18.3 Å². The summed E-state index contributed by atoms with van der Waals surface area (Å²) in [7, 11) is 0. The van der Waals surface area contributed by atoms with Gasteiger partial charge in [-0.25, -0.2) is 9.59 Å². The average molecular weight is 697 g/mol. The molecule has 50 heavy (non-hydrogen) atoms. The highest BCUT2D eigenvalue weighted by Gasteiger charge is 2.82. The van der Waals surface area contributed by atoms with Crippen LogP contribution in [0.2, 0.25) is 0 Å². The molecule has 2 bridgehead atoms. The van der Waals surface area contributed by atoms with E-state index < -0.39 is 58.0 Å². The van der Waals surface area contributed by atoms with Gasteiger partial charge in [-0.2, -0.15) is 0 Å². The summed E-state index contributed by atoms with van der Waals surface area (Å²) in [5, 5.41) is 24.9. The van der Waals surface area contributed by atoms with Crippen LogP contribution in [0.1, 0.15) is 132 Å². The van der Waals surface area contributed by atoms with Crippen molar-refractivity contribution in [2.45, 2.75) is 156 Å². The Bertz CT molecular complexity index is 1450. The van der Waals surface area contributed by atoms with Crippen molar-refractivity contribution in [1.29, 1.82) is 0 Å². The molecule has 9 heteroatoms. The minimum Gasteiger partial charge on any atom is -0.458 e. The second-order valence-electron chi connectivity index (χ2n) is 15.7. The number of carbonyl (C=O) groups is 4. The number of unbranched alkanes of at least 4 members (excludes halogenated alkanes) is 8. The topological polar surface area (TPSA) is 136 Å². The van der Waals surface area contributed by atoms with Gasteiger partial charge in [-0.15, -0.1) is 0 Å². The number of hydrogen-bond donors (Lipinski definition) is 2. The summed E-state index contributed by atoms with van der Waals surface area (Å²) in [6.45, 7) is 14.1. The normalized spacial score (nSPS) is 32.9. The van der Waals surface area contributed by atoms with Crippen LogP contribution in [0.15, 0.2) is 46.6 Å². The zero-order valence-corrected chi connectivity index (χ0v) is 31.6. The lowest BCUT2D eigenvalue weighted by Gasteiger charge is -2.46. The van der Waals surface area contributed by atoms with E-state index in [1.54, 1.807) is 58.9 Å². The van der Waals surface area contributed by atoms with Gasteiger partial charge in [-0.1, -0.05) is 96.4 Å². The fraction of sp³-hybridized carbons (Fsp3) is 0.707. The smallest absolute Gasteiger partial charge is 0.334 e. The van der Waals surface area contributed by atoms with Gasteiger partial charge in [0, 0.05) is 34.8 Å². The Balaban J connectivity index is 1.64. The van der Waals surface area contributed by atoms with Crippen LogP contribution >= 0.6 is 0 Å². The second kappa shape index (κ2) is 15.7. The summed E-state index contributed by atoms with van der Waals surface area (Å²) >= 11 is 0. The molecule has 0 saturated heterocycles. The van der Waals surface area contributed by atoms with Gasteiger partial charge in [0.2, 0.25) is 0 Å². The largest absolute Gasteiger partial charge is 0.458 e. The van der Waals surface area contributed by atoms with Gasteiger partial charge in [0.25, 0.3) is 0 Å². The molecule has 4 rings (SSSR count). The predicted octanol–water partition coefficient (Wildman–Crippen LogP) is 7.19. The van der Waals surface area contributed by atoms with Crippen LogP contribution in [0.25, 0.3) is 0 Å². The maximum atomic E-state index is 14.9. The first-order valence-electron chi connectivity index (χ1n) is 18.8. The minimum absolute atomic E-state index is 0.0632. The number of carbonyl (C=O) groups excluding carboxylic acids is 4. The number of esters is 3. The molecule has 0 aliphatic heterocycles. The molecule has 7 atom stereocenters. The van der Waals surface area contributed by atoms with Crippen LogP contribution in [0.3, 0.4) is 0 Å². The highest BCUT2D eigenvalue weighted by molar-refractivity contribution is 5.96. The zero-order valence-electron chi connectivity index (χ0n) is 31.6. The van der Waals surface area contributed by atoms with Crippen LogP contribution in [0, 0.1) is 22.7 Å². The summed E-state index contributed by atoms with van der Waals surface area (Å²) in [6, 6.07) is 0.